The van der Waals surface area contributed by atoms with E-state index in [1.165, 1.54) is 11.8 Å². The van der Waals surface area contributed by atoms with Crippen molar-refractivity contribution in [1.29, 1.82) is 0 Å². The third kappa shape index (κ3) is 4.91. The van der Waals surface area contributed by atoms with Crippen LogP contribution < -0.4 is 4.74 Å². The molecule has 0 saturated carbocycles. The Balaban J connectivity index is 1.65. The van der Waals surface area contributed by atoms with E-state index in [2.05, 4.69) is 24.6 Å². The number of thioether (sulfide) groups is 1. The highest BCUT2D eigenvalue weighted by Gasteiger charge is 2.33. The van der Waals surface area contributed by atoms with Crippen LogP contribution in [0.25, 0.3) is 6.08 Å². The number of ether oxygens (including phenoxy) is 1. The van der Waals surface area contributed by atoms with Crippen molar-refractivity contribution in [2.24, 2.45) is 4.99 Å². The number of carbonyl (C=O) groups is 1. The summed E-state index contributed by atoms with van der Waals surface area (Å²) in [6.45, 7) is 4.72. The van der Waals surface area contributed by atoms with Crippen molar-refractivity contribution >= 4 is 34.6 Å². The molecule has 1 fully saturated rings. The second kappa shape index (κ2) is 9.27. The van der Waals surface area contributed by atoms with E-state index in [1.807, 2.05) is 72.9 Å². The standard InChI is InChI=1S/C25H25N3O2S/c1-18(2)27-14-13-20(16-27)15-23-24(29)28(17-19-9-11-22(30-3)12-10-19)25(31-23)26-21-7-5-4-6-8-21/h4-16,18H,17H2,1-3H3/b23-15+,26-25?. The Labute approximate surface area is 187 Å². The van der Waals surface area contributed by atoms with Gasteiger partial charge >= 0.3 is 0 Å². The molecule has 2 aromatic carbocycles. The molecule has 0 bridgehead atoms. The first-order valence-corrected chi connectivity index (χ1v) is 11.0. The van der Waals surface area contributed by atoms with Crippen molar-refractivity contribution in [3.63, 3.8) is 0 Å². The van der Waals surface area contributed by atoms with E-state index >= 15 is 0 Å². The third-order valence-corrected chi connectivity index (χ3v) is 6.01. The van der Waals surface area contributed by atoms with Crippen LogP contribution in [-0.4, -0.2) is 27.7 Å². The van der Waals surface area contributed by atoms with Crippen molar-refractivity contribution in [3.05, 3.63) is 89.1 Å². The summed E-state index contributed by atoms with van der Waals surface area (Å²) in [6.07, 6.45) is 6.04. The van der Waals surface area contributed by atoms with Crippen LogP contribution >= 0.6 is 11.8 Å². The zero-order valence-electron chi connectivity index (χ0n) is 17.9. The molecule has 1 aromatic heterocycles. The summed E-state index contributed by atoms with van der Waals surface area (Å²) in [5.41, 5.74) is 2.85. The lowest BCUT2D eigenvalue weighted by atomic mass is 10.2. The topological polar surface area (TPSA) is 46.8 Å². The second-order valence-electron chi connectivity index (χ2n) is 7.57. The molecule has 1 aliphatic heterocycles. The minimum absolute atomic E-state index is 0.0344. The maximum Gasteiger partial charge on any atom is 0.267 e. The van der Waals surface area contributed by atoms with Crippen molar-refractivity contribution in [2.45, 2.75) is 26.4 Å². The molecule has 6 heteroatoms. The van der Waals surface area contributed by atoms with Gasteiger partial charge in [-0.25, -0.2) is 4.99 Å². The van der Waals surface area contributed by atoms with Gasteiger partial charge in [0.15, 0.2) is 5.17 Å². The van der Waals surface area contributed by atoms with Crippen molar-refractivity contribution in [3.8, 4) is 5.75 Å². The fourth-order valence-corrected chi connectivity index (χ4v) is 4.24. The summed E-state index contributed by atoms with van der Waals surface area (Å²) < 4.78 is 7.37. The van der Waals surface area contributed by atoms with Gasteiger partial charge in [-0.2, -0.15) is 0 Å². The van der Waals surface area contributed by atoms with Gasteiger partial charge in [0, 0.05) is 18.4 Å². The first-order valence-electron chi connectivity index (χ1n) is 10.2. The van der Waals surface area contributed by atoms with E-state index in [0.29, 0.717) is 22.7 Å². The summed E-state index contributed by atoms with van der Waals surface area (Å²) in [7, 11) is 1.64. The first kappa shape index (κ1) is 21.0. The number of rotatable bonds is 6. The van der Waals surface area contributed by atoms with Crippen molar-refractivity contribution < 1.29 is 9.53 Å². The molecular weight excluding hydrogens is 406 g/mol. The average Bonchev–Trinajstić information content (AvgIpc) is 3.36. The minimum atomic E-state index is -0.0344. The molecule has 0 aliphatic carbocycles. The first-order chi connectivity index (χ1) is 15.0. The molecule has 0 radical (unpaired) electrons. The zero-order valence-corrected chi connectivity index (χ0v) is 18.7. The van der Waals surface area contributed by atoms with Crippen LogP contribution in [0.5, 0.6) is 5.75 Å². The highest BCUT2D eigenvalue weighted by atomic mass is 32.2. The second-order valence-corrected chi connectivity index (χ2v) is 8.57. The Hall–Kier alpha value is -3.25. The van der Waals surface area contributed by atoms with Gasteiger partial charge in [-0.3, -0.25) is 9.69 Å². The molecule has 1 amide bonds. The molecule has 3 aromatic rings. The Morgan fingerprint density at radius 3 is 2.45 bits per heavy atom. The Morgan fingerprint density at radius 1 is 1.06 bits per heavy atom. The molecule has 0 N–H and O–H groups in total. The van der Waals surface area contributed by atoms with Crippen LogP contribution in [0.2, 0.25) is 0 Å². The Bertz CT molecular complexity index is 1120. The lowest BCUT2D eigenvalue weighted by Gasteiger charge is -2.16. The molecule has 158 valence electrons. The molecule has 31 heavy (non-hydrogen) atoms. The molecule has 2 heterocycles. The van der Waals surface area contributed by atoms with E-state index in [0.717, 1.165) is 22.6 Å². The highest BCUT2D eigenvalue weighted by Crippen LogP contribution is 2.35. The van der Waals surface area contributed by atoms with E-state index in [9.17, 15) is 4.79 Å². The number of para-hydroxylation sites is 1. The number of amides is 1. The Kier molecular flexibility index (Phi) is 6.28. The van der Waals surface area contributed by atoms with Crippen molar-refractivity contribution in [2.75, 3.05) is 7.11 Å². The number of aromatic nitrogens is 1. The maximum atomic E-state index is 13.3. The van der Waals surface area contributed by atoms with E-state index in [1.54, 1.807) is 12.0 Å². The number of carbonyl (C=O) groups excluding carboxylic acids is 1. The number of benzene rings is 2. The summed E-state index contributed by atoms with van der Waals surface area (Å²) >= 11 is 1.41. The summed E-state index contributed by atoms with van der Waals surface area (Å²) in [4.78, 5) is 20.5. The zero-order chi connectivity index (χ0) is 21.8. The third-order valence-electron chi connectivity index (χ3n) is 5.00. The van der Waals surface area contributed by atoms with Gasteiger partial charge in [0.05, 0.1) is 24.2 Å². The number of methoxy groups -OCH3 is 1. The summed E-state index contributed by atoms with van der Waals surface area (Å²) in [5.74, 6) is 0.757. The van der Waals surface area contributed by atoms with Gasteiger partial charge < -0.3 is 9.30 Å². The van der Waals surface area contributed by atoms with Gasteiger partial charge in [-0.15, -0.1) is 0 Å². The molecule has 0 unspecified atom stereocenters. The molecule has 1 aliphatic rings. The van der Waals surface area contributed by atoms with Gasteiger partial charge in [0.1, 0.15) is 5.75 Å². The minimum Gasteiger partial charge on any atom is -0.497 e. The summed E-state index contributed by atoms with van der Waals surface area (Å²) in [5, 5.41) is 0.682. The molecule has 1 saturated heterocycles. The van der Waals surface area contributed by atoms with E-state index in [-0.39, 0.29) is 5.91 Å². The monoisotopic (exact) mass is 431 g/mol. The fourth-order valence-electron chi connectivity index (χ4n) is 3.25. The van der Waals surface area contributed by atoms with Gasteiger partial charge in [-0.05, 0) is 73.1 Å². The maximum absolute atomic E-state index is 13.3. The predicted octanol–water partition coefficient (Wildman–Crippen LogP) is 5.88. The molecule has 0 spiro atoms. The average molecular weight is 432 g/mol. The van der Waals surface area contributed by atoms with Crippen LogP contribution in [0.1, 0.15) is 31.0 Å². The van der Waals surface area contributed by atoms with Gasteiger partial charge in [0.25, 0.3) is 5.91 Å². The van der Waals surface area contributed by atoms with Crippen molar-refractivity contribution in [1.82, 2.24) is 9.47 Å². The smallest absolute Gasteiger partial charge is 0.267 e. The van der Waals surface area contributed by atoms with Crippen LogP contribution in [0.3, 0.4) is 0 Å². The fraction of sp³-hybridized carbons (Fsp3) is 0.200. The van der Waals surface area contributed by atoms with E-state index < -0.39 is 0 Å². The molecular formula is C25H25N3O2S. The van der Waals surface area contributed by atoms with Crippen LogP contribution in [0.15, 0.2) is 83.0 Å². The SMILES string of the molecule is COc1ccc(CN2C(=O)/C(=C\c3ccn(C(C)C)c3)SC2=Nc2ccccc2)cc1. The molecule has 4 rings (SSSR count). The lowest BCUT2D eigenvalue weighted by Crippen LogP contribution is -2.28. The summed E-state index contributed by atoms with van der Waals surface area (Å²) in [6, 6.07) is 19.9. The Morgan fingerprint density at radius 2 is 1.81 bits per heavy atom. The molecule has 5 nitrogen and oxygen atoms in total. The van der Waals surface area contributed by atoms with E-state index in [4.69, 9.17) is 9.73 Å². The lowest BCUT2D eigenvalue weighted by molar-refractivity contribution is -0.122. The molecule has 0 atom stereocenters. The quantitative estimate of drug-likeness (QED) is 0.458. The van der Waals surface area contributed by atoms with Gasteiger partial charge in [0.2, 0.25) is 0 Å². The van der Waals surface area contributed by atoms with Crippen LogP contribution in [0.4, 0.5) is 5.69 Å². The van der Waals surface area contributed by atoms with Gasteiger partial charge in [-0.1, -0.05) is 30.3 Å². The predicted molar refractivity (Wildman–Crippen MR) is 127 cm³/mol. The van der Waals surface area contributed by atoms with Crippen LogP contribution in [-0.2, 0) is 11.3 Å². The largest absolute Gasteiger partial charge is 0.497 e. The normalized spacial score (nSPS) is 16.6. The number of amidine groups is 1. The number of hydrogen-bond donors (Lipinski definition) is 0. The number of nitrogens with zero attached hydrogens (tertiary/aromatic N) is 3. The van der Waals surface area contributed by atoms with Crippen LogP contribution in [0, 0.1) is 0 Å². The highest BCUT2D eigenvalue weighted by molar-refractivity contribution is 8.18. The number of aliphatic imine (C=N–C) groups is 1. The number of hydrogen-bond acceptors (Lipinski definition) is 4.